The number of carbonyl (C=O) groups excluding carboxylic acids is 2. The number of H-pyrrole nitrogens is 1. The number of para-hydroxylation sites is 1. The maximum Gasteiger partial charge on any atom is 0.360 e. The third-order valence-electron chi connectivity index (χ3n) is 3.45. The fourth-order valence-electron chi connectivity index (χ4n) is 2.26. The molecule has 3 aromatic rings. The third kappa shape index (κ3) is 3.92. The first-order valence-electron chi connectivity index (χ1n) is 7.35. The zero-order valence-corrected chi connectivity index (χ0v) is 14.6. The molecule has 0 aliphatic rings. The highest BCUT2D eigenvalue weighted by Gasteiger charge is 2.22. The van der Waals surface area contributed by atoms with Gasteiger partial charge in [0, 0.05) is 21.1 Å². The molecule has 1 amide bonds. The van der Waals surface area contributed by atoms with Gasteiger partial charge < -0.3 is 10.1 Å². The summed E-state index contributed by atoms with van der Waals surface area (Å²) in [6.07, 6.45) is -1.03. The number of fused-ring (bicyclic) bond motifs is 1. The van der Waals surface area contributed by atoms with E-state index in [0.717, 1.165) is 0 Å². The Balaban J connectivity index is 1.69. The van der Waals surface area contributed by atoms with Crippen LogP contribution in [0.3, 0.4) is 0 Å². The van der Waals surface area contributed by atoms with Gasteiger partial charge in [-0.15, -0.1) is 0 Å². The lowest BCUT2D eigenvalue weighted by molar-refractivity contribution is -0.123. The van der Waals surface area contributed by atoms with Crippen molar-refractivity contribution in [2.24, 2.45) is 0 Å². The van der Waals surface area contributed by atoms with E-state index >= 15 is 0 Å². The predicted molar refractivity (Wildman–Crippen MR) is 96.1 cm³/mol. The molecule has 1 atom stereocenters. The van der Waals surface area contributed by atoms with Gasteiger partial charge in [-0.1, -0.05) is 41.4 Å². The van der Waals surface area contributed by atoms with Crippen molar-refractivity contribution in [3.63, 3.8) is 0 Å². The van der Waals surface area contributed by atoms with Crippen LogP contribution in [0.25, 0.3) is 10.9 Å². The Kier molecular flexibility index (Phi) is 4.92. The fourth-order valence-corrected chi connectivity index (χ4v) is 2.78. The van der Waals surface area contributed by atoms with Crippen LogP contribution in [0.4, 0.5) is 5.69 Å². The van der Waals surface area contributed by atoms with E-state index in [-0.39, 0.29) is 5.69 Å². The first-order valence-corrected chi connectivity index (χ1v) is 8.10. The molecule has 0 radical (unpaired) electrons. The van der Waals surface area contributed by atoms with Gasteiger partial charge in [0.2, 0.25) is 0 Å². The summed E-state index contributed by atoms with van der Waals surface area (Å²) in [7, 11) is 0. The molecule has 3 rings (SSSR count). The Morgan fingerprint density at radius 3 is 2.56 bits per heavy atom. The van der Waals surface area contributed by atoms with Crippen LogP contribution in [0.5, 0.6) is 0 Å². The minimum atomic E-state index is -1.03. The minimum Gasteiger partial charge on any atom is -0.448 e. The quantitative estimate of drug-likeness (QED) is 0.671. The Morgan fingerprint density at radius 1 is 1.16 bits per heavy atom. The number of anilines is 1. The molecule has 8 heteroatoms. The van der Waals surface area contributed by atoms with Gasteiger partial charge in [-0.25, -0.2) is 4.79 Å². The van der Waals surface area contributed by atoms with E-state index in [1.807, 2.05) is 6.07 Å². The van der Waals surface area contributed by atoms with Gasteiger partial charge in [0.15, 0.2) is 11.8 Å². The molecule has 0 spiro atoms. The van der Waals surface area contributed by atoms with Crippen LogP contribution < -0.4 is 5.32 Å². The molecule has 1 unspecified atom stereocenters. The molecule has 0 fully saturated rings. The van der Waals surface area contributed by atoms with Crippen molar-refractivity contribution >= 4 is 51.7 Å². The average molecular weight is 378 g/mol. The summed E-state index contributed by atoms with van der Waals surface area (Å²) in [5.41, 5.74) is 1.25. The van der Waals surface area contributed by atoms with Crippen molar-refractivity contribution in [2.75, 3.05) is 5.32 Å². The van der Waals surface area contributed by atoms with Crippen molar-refractivity contribution in [3.8, 4) is 0 Å². The monoisotopic (exact) mass is 377 g/mol. The number of rotatable bonds is 4. The molecule has 0 bridgehead atoms. The predicted octanol–water partition coefficient (Wildman–Crippen LogP) is 4.05. The van der Waals surface area contributed by atoms with Crippen LogP contribution in [0.15, 0.2) is 42.5 Å². The molecular weight excluding hydrogens is 365 g/mol. The highest BCUT2D eigenvalue weighted by atomic mass is 35.5. The third-order valence-corrected chi connectivity index (χ3v) is 3.88. The van der Waals surface area contributed by atoms with Crippen LogP contribution in [0.1, 0.15) is 17.4 Å². The van der Waals surface area contributed by atoms with Crippen molar-refractivity contribution in [3.05, 3.63) is 58.2 Å². The molecule has 6 nitrogen and oxygen atoms in total. The van der Waals surface area contributed by atoms with E-state index < -0.39 is 18.0 Å². The van der Waals surface area contributed by atoms with Gasteiger partial charge >= 0.3 is 5.97 Å². The topological polar surface area (TPSA) is 84.1 Å². The molecular formula is C17H13Cl2N3O3. The maximum absolute atomic E-state index is 12.3. The van der Waals surface area contributed by atoms with Gasteiger partial charge in [-0.05, 0) is 31.2 Å². The number of nitrogens with one attached hydrogen (secondary N) is 2. The largest absolute Gasteiger partial charge is 0.448 e. The smallest absolute Gasteiger partial charge is 0.360 e. The number of ether oxygens (including phenoxy) is 1. The Bertz CT molecular complexity index is 935. The number of aromatic nitrogens is 2. The number of hydrogen-bond acceptors (Lipinski definition) is 4. The molecule has 0 saturated heterocycles. The molecule has 0 saturated carbocycles. The average Bonchev–Trinajstić information content (AvgIpc) is 2.97. The summed E-state index contributed by atoms with van der Waals surface area (Å²) in [5, 5.41) is 10.7. The van der Waals surface area contributed by atoms with E-state index in [1.165, 1.54) is 6.92 Å². The molecule has 1 heterocycles. The van der Waals surface area contributed by atoms with Gasteiger partial charge in [0.1, 0.15) is 0 Å². The standard InChI is InChI=1S/C17H13Cl2N3O3/c1-9(16(23)20-12-7-10(18)6-11(19)8-12)25-17(24)15-13-4-2-3-5-14(13)21-22-15/h2-9H,1H3,(H,20,23)(H,21,22). The summed E-state index contributed by atoms with van der Waals surface area (Å²) in [4.78, 5) is 24.5. The first kappa shape index (κ1) is 17.3. The second kappa shape index (κ2) is 7.13. The zero-order chi connectivity index (χ0) is 18.0. The van der Waals surface area contributed by atoms with Crippen molar-refractivity contribution in [2.45, 2.75) is 13.0 Å². The lowest BCUT2D eigenvalue weighted by atomic mass is 10.2. The van der Waals surface area contributed by atoms with E-state index in [2.05, 4.69) is 15.5 Å². The summed E-state index contributed by atoms with van der Waals surface area (Å²) < 4.78 is 5.20. The lowest BCUT2D eigenvalue weighted by Gasteiger charge is -2.13. The number of amides is 1. The molecule has 0 aliphatic heterocycles. The Morgan fingerprint density at radius 2 is 1.84 bits per heavy atom. The van der Waals surface area contributed by atoms with Crippen molar-refractivity contribution < 1.29 is 14.3 Å². The number of aromatic amines is 1. The number of carbonyl (C=O) groups is 2. The van der Waals surface area contributed by atoms with E-state index in [0.29, 0.717) is 26.6 Å². The van der Waals surface area contributed by atoms with Crippen molar-refractivity contribution in [1.82, 2.24) is 10.2 Å². The van der Waals surface area contributed by atoms with Crippen LogP contribution in [-0.2, 0) is 9.53 Å². The Hall–Kier alpha value is -2.57. The van der Waals surface area contributed by atoms with E-state index in [4.69, 9.17) is 27.9 Å². The zero-order valence-electron chi connectivity index (χ0n) is 13.0. The molecule has 0 aliphatic carbocycles. The normalized spacial score (nSPS) is 12.0. The summed E-state index contributed by atoms with van der Waals surface area (Å²) >= 11 is 11.8. The van der Waals surface area contributed by atoms with Gasteiger partial charge in [0.05, 0.1) is 5.52 Å². The number of nitrogens with zero attached hydrogens (tertiary/aromatic N) is 1. The summed E-state index contributed by atoms with van der Waals surface area (Å²) in [5.74, 6) is -1.20. The maximum atomic E-state index is 12.3. The molecule has 2 N–H and O–H groups in total. The van der Waals surface area contributed by atoms with Crippen LogP contribution in [-0.4, -0.2) is 28.2 Å². The second-order valence-corrected chi connectivity index (χ2v) is 6.19. The number of benzene rings is 2. The molecule has 1 aromatic heterocycles. The highest BCUT2D eigenvalue weighted by molar-refractivity contribution is 6.35. The van der Waals surface area contributed by atoms with E-state index in [1.54, 1.807) is 36.4 Å². The number of halogens is 2. The number of esters is 1. The van der Waals surface area contributed by atoms with Crippen molar-refractivity contribution in [1.29, 1.82) is 0 Å². The van der Waals surface area contributed by atoms with Gasteiger partial charge in [-0.3, -0.25) is 9.89 Å². The number of hydrogen-bond donors (Lipinski definition) is 2. The van der Waals surface area contributed by atoms with Gasteiger partial charge in [0.25, 0.3) is 5.91 Å². The lowest BCUT2D eigenvalue weighted by Crippen LogP contribution is -2.30. The second-order valence-electron chi connectivity index (χ2n) is 5.31. The molecule has 2 aromatic carbocycles. The SMILES string of the molecule is CC(OC(=O)c1n[nH]c2ccccc12)C(=O)Nc1cc(Cl)cc(Cl)c1. The Labute approximate surface area is 153 Å². The summed E-state index contributed by atoms with van der Waals surface area (Å²) in [6, 6.07) is 11.8. The fraction of sp³-hybridized carbons (Fsp3) is 0.118. The summed E-state index contributed by atoms with van der Waals surface area (Å²) in [6.45, 7) is 1.47. The minimum absolute atomic E-state index is 0.126. The first-order chi connectivity index (χ1) is 11.9. The molecule has 25 heavy (non-hydrogen) atoms. The highest BCUT2D eigenvalue weighted by Crippen LogP contribution is 2.23. The van der Waals surface area contributed by atoms with Crippen LogP contribution >= 0.6 is 23.2 Å². The van der Waals surface area contributed by atoms with Crippen LogP contribution in [0, 0.1) is 0 Å². The van der Waals surface area contributed by atoms with Gasteiger partial charge in [-0.2, -0.15) is 5.10 Å². The molecule has 128 valence electrons. The van der Waals surface area contributed by atoms with Crippen LogP contribution in [0.2, 0.25) is 10.0 Å². The van der Waals surface area contributed by atoms with E-state index in [9.17, 15) is 9.59 Å².